The first-order chi connectivity index (χ1) is 9.95. The first-order valence-corrected chi connectivity index (χ1v) is 7.97. The molecule has 0 atom stereocenters. The maximum Gasteiger partial charge on any atom is 0.316 e. The van der Waals surface area contributed by atoms with E-state index in [-0.39, 0.29) is 11.0 Å². The smallest absolute Gasteiger partial charge is 0.316 e. The van der Waals surface area contributed by atoms with Crippen LogP contribution >= 0.6 is 0 Å². The molecule has 0 saturated carbocycles. The van der Waals surface area contributed by atoms with Crippen LogP contribution in [0.25, 0.3) is 11.1 Å². The summed E-state index contributed by atoms with van der Waals surface area (Å²) in [5, 5.41) is -0.277. The van der Waals surface area contributed by atoms with Crippen molar-refractivity contribution >= 4 is 26.6 Å². The average Bonchev–Trinajstić information content (AvgIpc) is 3.02. The number of benzene rings is 1. The number of oxazole rings is 1. The summed E-state index contributed by atoms with van der Waals surface area (Å²) in [5.41, 5.74) is 6.97. The molecule has 1 aromatic carbocycles. The van der Waals surface area contributed by atoms with Crippen LogP contribution in [0.3, 0.4) is 0 Å². The monoisotopic (exact) mass is 306 g/mol. The number of hydrogen-bond donors (Lipinski definition) is 1. The van der Waals surface area contributed by atoms with Gasteiger partial charge >= 0.3 is 5.22 Å². The molecular weight excluding hydrogens is 292 g/mol. The Morgan fingerprint density at radius 1 is 1.38 bits per heavy atom. The van der Waals surface area contributed by atoms with E-state index >= 15 is 0 Å². The van der Waals surface area contributed by atoms with Gasteiger partial charge in [0.25, 0.3) is 0 Å². The van der Waals surface area contributed by atoms with Crippen LogP contribution in [0, 0.1) is 6.92 Å². The number of aryl methyl sites for hydroxylation is 2. The second kappa shape index (κ2) is 4.88. The molecule has 8 heteroatoms. The number of aromatic nitrogens is 3. The van der Waals surface area contributed by atoms with Gasteiger partial charge in [-0.05, 0) is 19.1 Å². The molecule has 0 aliphatic carbocycles. The van der Waals surface area contributed by atoms with Crippen molar-refractivity contribution in [2.45, 2.75) is 18.7 Å². The molecule has 110 valence electrons. The van der Waals surface area contributed by atoms with Gasteiger partial charge in [0.05, 0.1) is 5.75 Å². The molecule has 0 aliphatic heterocycles. The van der Waals surface area contributed by atoms with Gasteiger partial charge in [-0.3, -0.25) is 0 Å². The molecule has 2 aromatic heterocycles. The van der Waals surface area contributed by atoms with Gasteiger partial charge in [-0.25, -0.2) is 13.4 Å². The third-order valence-electron chi connectivity index (χ3n) is 3.18. The Kier molecular flexibility index (Phi) is 3.17. The topological polar surface area (TPSA) is 104 Å². The minimum Gasteiger partial charge on any atom is -0.428 e. The number of sulfone groups is 1. The summed E-state index contributed by atoms with van der Waals surface area (Å²) in [5.74, 6) is 0.655. The van der Waals surface area contributed by atoms with Crippen molar-refractivity contribution in [3.63, 3.8) is 0 Å². The van der Waals surface area contributed by atoms with E-state index in [9.17, 15) is 8.42 Å². The lowest BCUT2D eigenvalue weighted by Crippen LogP contribution is -2.14. The van der Waals surface area contributed by atoms with Crippen molar-refractivity contribution in [3.8, 4) is 0 Å². The van der Waals surface area contributed by atoms with E-state index < -0.39 is 9.84 Å². The van der Waals surface area contributed by atoms with Gasteiger partial charge < -0.3 is 14.7 Å². The summed E-state index contributed by atoms with van der Waals surface area (Å²) < 4.78 is 31.6. The maximum absolute atomic E-state index is 12.3. The molecular formula is C13H14N4O3S. The SMILES string of the molecule is Cc1nccn1CCS(=O)(=O)c1nc2ccc(N)cc2o1. The average molecular weight is 306 g/mol. The molecule has 0 unspecified atom stereocenters. The molecule has 0 amide bonds. The molecule has 0 fully saturated rings. The predicted octanol–water partition coefficient (Wildman–Crippen LogP) is 1.39. The van der Waals surface area contributed by atoms with E-state index in [1.165, 1.54) is 0 Å². The number of hydrogen-bond acceptors (Lipinski definition) is 6. The van der Waals surface area contributed by atoms with E-state index in [1.807, 2.05) is 6.92 Å². The van der Waals surface area contributed by atoms with Crippen LogP contribution in [0.1, 0.15) is 5.82 Å². The highest BCUT2D eigenvalue weighted by atomic mass is 32.2. The predicted molar refractivity (Wildman–Crippen MR) is 77.4 cm³/mol. The summed E-state index contributed by atoms with van der Waals surface area (Å²) >= 11 is 0. The Hall–Kier alpha value is -2.35. The van der Waals surface area contributed by atoms with Crippen molar-refractivity contribution in [2.24, 2.45) is 0 Å². The number of fused-ring (bicyclic) bond motifs is 1. The zero-order valence-electron chi connectivity index (χ0n) is 11.4. The second-order valence-electron chi connectivity index (χ2n) is 4.69. The Morgan fingerprint density at radius 3 is 2.90 bits per heavy atom. The first kappa shape index (κ1) is 13.6. The van der Waals surface area contributed by atoms with Crippen molar-refractivity contribution in [1.29, 1.82) is 0 Å². The van der Waals surface area contributed by atoms with Crippen molar-refractivity contribution in [2.75, 3.05) is 11.5 Å². The molecule has 0 spiro atoms. The Bertz CT molecular complexity index is 895. The fourth-order valence-electron chi connectivity index (χ4n) is 2.00. The highest BCUT2D eigenvalue weighted by Crippen LogP contribution is 2.21. The lowest BCUT2D eigenvalue weighted by molar-refractivity contribution is 0.457. The molecule has 0 saturated heterocycles. The number of nitrogens with zero attached hydrogens (tertiary/aromatic N) is 3. The summed E-state index contributed by atoms with van der Waals surface area (Å²) in [4.78, 5) is 8.06. The number of nitrogen functional groups attached to an aromatic ring is 1. The summed E-state index contributed by atoms with van der Waals surface area (Å²) in [6.45, 7) is 2.11. The minimum absolute atomic E-state index is 0.105. The lowest BCUT2D eigenvalue weighted by Gasteiger charge is -2.03. The largest absolute Gasteiger partial charge is 0.428 e. The molecule has 0 bridgehead atoms. The van der Waals surface area contributed by atoms with Gasteiger partial charge in [0.15, 0.2) is 5.58 Å². The molecule has 2 N–H and O–H groups in total. The second-order valence-corrected chi connectivity index (χ2v) is 6.68. The Balaban J connectivity index is 1.87. The van der Waals surface area contributed by atoms with Gasteiger partial charge in [-0.2, -0.15) is 4.98 Å². The number of nitrogens with two attached hydrogens (primary N) is 1. The fraction of sp³-hybridized carbons (Fsp3) is 0.231. The Morgan fingerprint density at radius 2 is 2.19 bits per heavy atom. The van der Waals surface area contributed by atoms with Crippen LogP contribution < -0.4 is 5.73 Å². The minimum atomic E-state index is -3.60. The zero-order chi connectivity index (χ0) is 15.0. The van der Waals surface area contributed by atoms with Gasteiger partial charge in [-0.1, -0.05) is 0 Å². The van der Waals surface area contributed by atoms with Crippen LogP contribution in [-0.4, -0.2) is 28.7 Å². The molecule has 0 aliphatic rings. The van der Waals surface area contributed by atoms with E-state index in [1.54, 1.807) is 35.2 Å². The number of imidazole rings is 1. The number of rotatable bonds is 4. The lowest BCUT2D eigenvalue weighted by atomic mass is 10.3. The van der Waals surface area contributed by atoms with E-state index in [0.717, 1.165) is 5.82 Å². The summed E-state index contributed by atoms with van der Waals surface area (Å²) in [6, 6.07) is 4.84. The third kappa shape index (κ3) is 2.62. The first-order valence-electron chi connectivity index (χ1n) is 6.32. The third-order valence-corrected chi connectivity index (χ3v) is 4.61. The fourth-order valence-corrected chi connectivity index (χ4v) is 3.06. The van der Waals surface area contributed by atoms with Gasteiger partial charge in [-0.15, -0.1) is 0 Å². The quantitative estimate of drug-likeness (QED) is 0.730. The van der Waals surface area contributed by atoms with E-state index in [0.29, 0.717) is 23.3 Å². The highest BCUT2D eigenvalue weighted by Gasteiger charge is 2.22. The molecule has 0 radical (unpaired) electrons. The number of anilines is 1. The van der Waals surface area contributed by atoms with Crippen LogP contribution in [0.5, 0.6) is 0 Å². The zero-order valence-corrected chi connectivity index (χ0v) is 12.2. The highest BCUT2D eigenvalue weighted by molar-refractivity contribution is 7.91. The van der Waals surface area contributed by atoms with Crippen molar-refractivity contribution < 1.29 is 12.8 Å². The van der Waals surface area contributed by atoms with Crippen molar-refractivity contribution in [3.05, 3.63) is 36.4 Å². The van der Waals surface area contributed by atoms with Crippen LogP contribution in [-0.2, 0) is 16.4 Å². The normalized spacial score (nSPS) is 12.0. The van der Waals surface area contributed by atoms with Gasteiger partial charge in [0.2, 0.25) is 9.84 Å². The molecule has 3 aromatic rings. The van der Waals surface area contributed by atoms with Crippen LogP contribution in [0.4, 0.5) is 5.69 Å². The van der Waals surface area contributed by atoms with Crippen molar-refractivity contribution in [1.82, 2.24) is 14.5 Å². The summed E-state index contributed by atoms with van der Waals surface area (Å²) in [7, 11) is -3.60. The van der Waals surface area contributed by atoms with Gasteiger partial charge in [0.1, 0.15) is 11.3 Å². The Labute approximate surface area is 121 Å². The van der Waals surface area contributed by atoms with Gasteiger partial charge in [0, 0.05) is 30.7 Å². The van der Waals surface area contributed by atoms with Crippen LogP contribution in [0.15, 0.2) is 40.2 Å². The van der Waals surface area contributed by atoms with E-state index in [4.69, 9.17) is 10.2 Å². The van der Waals surface area contributed by atoms with E-state index in [2.05, 4.69) is 9.97 Å². The van der Waals surface area contributed by atoms with Crippen LogP contribution in [0.2, 0.25) is 0 Å². The molecule has 3 rings (SSSR count). The molecule has 2 heterocycles. The molecule has 21 heavy (non-hydrogen) atoms. The standard InChI is InChI=1S/C13H14N4O3S/c1-9-15-4-5-17(9)6-7-21(18,19)13-16-11-3-2-10(14)8-12(11)20-13/h2-5,8H,6-7,14H2,1H3. The maximum atomic E-state index is 12.3. The molecule has 7 nitrogen and oxygen atoms in total. The summed E-state index contributed by atoms with van der Waals surface area (Å²) in [6.07, 6.45) is 3.36.